The summed E-state index contributed by atoms with van der Waals surface area (Å²) >= 11 is 0. The SMILES string of the molecule is CCCC(NC(=O)[C@@H]1CC[C@H](C)N1C(=O)CNC(=O)OCC(C)C)C(=O)C(=O)NCC(=O)N[C@H](C(=O)N(C)C)c1ccccc1. The highest BCUT2D eigenvalue weighted by Crippen LogP contribution is 2.24. The van der Waals surface area contributed by atoms with Crippen molar-refractivity contribution in [3.8, 4) is 0 Å². The number of ether oxygens (including phenoxy) is 1. The van der Waals surface area contributed by atoms with Gasteiger partial charge in [-0.2, -0.15) is 0 Å². The van der Waals surface area contributed by atoms with Gasteiger partial charge in [-0.25, -0.2) is 4.79 Å². The molecule has 0 bridgehead atoms. The fourth-order valence-electron chi connectivity index (χ4n) is 4.83. The Kier molecular flexibility index (Phi) is 14.4. The fraction of sp³-hybridized carbons (Fsp3) is 0.581. The zero-order chi connectivity index (χ0) is 33.7. The molecule has 0 saturated carbocycles. The average molecular weight is 631 g/mol. The monoisotopic (exact) mass is 630 g/mol. The van der Waals surface area contributed by atoms with E-state index in [1.807, 2.05) is 13.8 Å². The van der Waals surface area contributed by atoms with Crippen LogP contribution in [0.1, 0.15) is 65.0 Å². The molecule has 4 atom stereocenters. The van der Waals surface area contributed by atoms with Crippen LogP contribution in [0, 0.1) is 5.92 Å². The van der Waals surface area contributed by atoms with Gasteiger partial charge in [-0.1, -0.05) is 57.5 Å². The number of hydrogen-bond donors (Lipinski definition) is 4. The molecule has 6 amide bonds. The molecule has 14 heteroatoms. The van der Waals surface area contributed by atoms with E-state index in [9.17, 15) is 33.6 Å². The van der Waals surface area contributed by atoms with E-state index < -0.39 is 60.2 Å². The predicted octanol–water partition coefficient (Wildman–Crippen LogP) is 0.664. The number of Topliss-reactive ketones (excluding diaryl/α,β-unsaturated/α-hetero) is 1. The molecule has 14 nitrogen and oxygen atoms in total. The van der Waals surface area contributed by atoms with Gasteiger partial charge in [0.2, 0.25) is 29.4 Å². The van der Waals surface area contributed by atoms with Gasteiger partial charge in [-0.05, 0) is 37.7 Å². The Labute approximate surface area is 264 Å². The third kappa shape index (κ3) is 11.2. The van der Waals surface area contributed by atoms with Crippen LogP contribution in [0.4, 0.5) is 4.79 Å². The van der Waals surface area contributed by atoms with Crippen molar-refractivity contribution in [1.82, 2.24) is 31.1 Å². The third-order valence-electron chi connectivity index (χ3n) is 7.16. The van der Waals surface area contributed by atoms with Gasteiger partial charge in [-0.3, -0.25) is 28.8 Å². The van der Waals surface area contributed by atoms with Crippen LogP contribution in [0.5, 0.6) is 0 Å². The number of benzene rings is 1. The predicted molar refractivity (Wildman–Crippen MR) is 164 cm³/mol. The lowest BCUT2D eigenvalue weighted by Crippen LogP contribution is -2.55. The molecule has 45 heavy (non-hydrogen) atoms. The summed E-state index contributed by atoms with van der Waals surface area (Å²) in [4.78, 5) is 91.9. The number of ketones is 1. The molecule has 1 aromatic rings. The molecule has 1 fully saturated rings. The first-order valence-electron chi connectivity index (χ1n) is 15.2. The maximum absolute atomic E-state index is 13.3. The Morgan fingerprint density at radius 2 is 1.62 bits per heavy atom. The number of amides is 6. The van der Waals surface area contributed by atoms with Crippen molar-refractivity contribution in [1.29, 1.82) is 0 Å². The molecule has 0 aromatic heterocycles. The van der Waals surface area contributed by atoms with Crippen LogP contribution in [0.15, 0.2) is 30.3 Å². The quantitative estimate of drug-likeness (QED) is 0.204. The molecule has 1 aliphatic heterocycles. The molecule has 1 heterocycles. The lowest BCUT2D eigenvalue weighted by Gasteiger charge is -2.29. The third-order valence-corrected chi connectivity index (χ3v) is 7.16. The number of carbonyl (C=O) groups is 7. The van der Waals surface area contributed by atoms with E-state index in [1.165, 1.54) is 9.80 Å². The van der Waals surface area contributed by atoms with Gasteiger partial charge in [0.15, 0.2) is 0 Å². The van der Waals surface area contributed by atoms with Crippen molar-refractivity contribution in [2.75, 3.05) is 33.8 Å². The first-order valence-corrected chi connectivity index (χ1v) is 15.2. The summed E-state index contributed by atoms with van der Waals surface area (Å²) in [6.45, 7) is 6.57. The standard InChI is InChI=1S/C31H46N6O8/c1-7-11-22(34-28(41)23-15-14-20(4)37(23)25(39)17-33-31(44)45-18-19(2)3)27(40)29(42)32-16-24(38)35-26(30(43)36(5)6)21-12-9-8-10-13-21/h8-10,12-13,19-20,22-23,26H,7,11,14-18H2,1-6H3,(H,32,42)(H,33,44)(H,34,41)(H,35,38)/t20-,22?,23-,26-/m0/s1. The summed E-state index contributed by atoms with van der Waals surface area (Å²) in [5.41, 5.74) is 0.549. The molecular weight excluding hydrogens is 584 g/mol. The Hall–Kier alpha value is -4.49. The minimum absolute atomic E-state index is 0.127. The van der Waals surface area contributed by atoms with E-state index in [1.54, 1.807) is 58.3 Å². The minimum atomic E-state index is -1.19. The number of likely N-dealkylation sites (N-methyl/N-ethyl adjacent to an activating group) is 1. The first kappa shape index (κ1) is 36.7. The van der Waals surface area contributed by atoms with Crippen LogP contribution in [0.25, 0.3) is 0 Å². The Bertz CT molecular complexity index is 1220. The fourth-order valence-corrected chi connectivity index (χ4v) is 4.83. The first-order chi connectivity index (χ1) is 21.3. The zero-order valence-corrected chi connectivity index (χ0v) is 26.9. The normalized spacial score (nSPS) is 17.1. The van der Waals surface area contributed by atoms with Gasteiger partial charge in [0, 0.05) is 20.1 Å². The lowest BCUT2D eigenvalue weighted by molar-refractivity contribution is -0.143. The summed E-state index contributed by atoms with van der Waals surface area (Å²) in [6.07, 6.45) is 0.741. The van der Waals surface area contributed by atoms with Gasteiger partial charge in [0.25, 0.3) is 5.91 Å². The van der Waals surface area contributed by atoms with Crippen molar-refractivity contribution in [2.24, 2.45) is 5.92 Å². The van der Waals surface area contributed by atoms with Crippen molar-refractivity contribution < 1.29 is 38.3 Å². The smallest absolute Gasteiger partial charge is 0.407 e. The van der Waals surface area contributed by atoms with Gasteiger partial charge in [0.05, 0.1) is 19.2 Å². The largest absolute Gasteiger partial charge is 0.449 e. The molecule has 2 rings (SSSR count). The molecule has 1 aliphatic rings. The van der Waals surface area contributed by atoms with Gasteiger partial charge < -0.3 is 35.8 Å². The molecule has 0 aliphatic carbocycles. The second-order valence-corrected chi connectivity index (χ2v) is 11.6. The average Bonchev–Trinajstić information content (AvgIpc) is 3.40. The Balaban J connectivity index is 1.99. The van der Waals surface area contributed by atoms with Crippen molar-refractivity contribution in [3.05, 3.63) is 35.9 Å². The maximum Gasteiger partial charge on any atom is 0.407 e. The number of nitrogens with one attached hydrogen (secondary N) is 4. The van der Waals surface area contributed by atoms with Crippen molar-refractivity contribution >= 4 is 41.4 Å². The molecule has 1 saturated heterocycles. The topological polar surface area (TPSA) is 183 Å². The Morgan fingerprint density at radius 1 is 0.956 bits per heavy atom. The van der Waals surface area contributed by atoms with E-state index in [4.69, 9.17) is 4.74 Å². The molecule has 1 aromatic carbocycles. The molecule has 0 radical (unpaired) electrons. The number of rotatable bonds is 15. The van der Waals surface area contributed by atoms with Crippen LogP contribution in [0.3, 0.4) is 0 Å². The summed E-state index contributed by atoms with van der Waals surface area (Å²) in [5, 5.41) is 9.86. The van der Waals surface area contributed by atoms with E-state index in [2.05, 4.69) is 21.3 Å². The van der Waals surface area contributed by atoms with E-state index in [0.29, 0.717) is 24.8 Å². The maximum atomic E-state index is 13.3. The highest BCUT2D eigenvalue weighted by atomic mass is 16.5. The molecular formula is C31H46N6O8. The highest BCUT2D eigenvalue weighted by molar-refractivity contribution is 6.38. The van der Waals surface area contributed by atoms with Crippen LogP contribution < -0.4 is 21.3 Å². The van der Waals surface area contributed by atoms with Crippen LogP contribution >= 0.6 is 0 Å². The number of alkyl carbamates (subject to hydrolysis) is 1. The number of carbonyl (C=O) groups excluding carboxylic acids is 7. The van der Waals surface area contributed by atoms with Crippen molar-refractivity contribution in [2.45, 2.75) is 77.5 Å². The molecule has 0 spiro atoms. The van der Waals surface area contributed by atoms with Crippen molar-refractivity contribution in [3.63, 3.8) is 0 Å². The van der Waals surface area contributed by atoms with Gasteiger partial charge in [0.1, 0.15) is 18.6 Å². The summed E-state index contributed by atoms with van der Waals surface area (Å²) < 4.78 is 5.02. The second-order valence-electron chi connectivity index (χ2n) is 11.6. The number of nitrogens with zero attached hydrogens (tertiary/aromatic N) is 2. The number of hydrogen-bond acceptors (Lipinski definition) is 8. The molecule has 4 N–H and O–H groups in total. The van der Waals surface area contributed by atoms with Crippen LogP contribution in [-0.4, -0.2) is 103 Å². The van der Waals surface area contributed by atoms with E-state index in [-0.39, 0.29) is 37.4 Å². The van der Waals surface area contributed by atoms with Crippen LogP contribution in [-0.2, 0) is 33.5 Å². The zero-order valence-electron chi connectivity index (χ0n) is 26.9. The summed E-state index contributed by atoms with van der Waals surface area (Å²) in [6, 6.07) is 5.23. The second kappa shape index (κ2) is 17.7. The van der Waals surface area contributed by atoms with Gasteiger partial charge >= 0.3 is 6.09 Å². The summed E-state index contributed by atoms with van der Waals surface area (Å²) in [5.74, 6) is -4.03. The summed E-state index contributed by atoms with van der Waals surface area (Å²) in [7, 11) is 3.10. The Morgan fingerprint density at radius 3 is 2.22 bits per heavy atom. The highest BCUT2D eigenvalue weighted by Gasteiger charge is 2.40. The van der Waals surface area contributed by atoms with E-state index >= 15 is 0 Å². The molecule has 1 unspecified atom stereocenters. The van der Waals surface area contributed by atoms with Gasteiger partial charge in [-0.15, -0.1) is 0 Å². The number of likely N-dealkylation sites (tertiary alicyclic amines) is 1. The van der Waals surface area contributed by atoms with Crippen LogP contribution in [0.2, 0.25) is 0 Å². The molecule has 248 valence electrons. The van der Waals surface area contributed by atoms with E-state index in [0.717, 1.165) is 0 Å². The minimum Gasteiger partial charge on any atom is -0.449 e. The lowest BCUT2D eigenvalue weighted by atomic mass is 10.0.